The molecule has 0 radical (unpaired) electrons. The van der Waals surface area contributed by atoms with Gasteiger partial charge in [0.15, 0.2) is 0 Å². The third kappa shape index (κ3) is 8.67. The summed E-state index contributed by atoms with van der Waals surface area (Å²) in [7, 11) is 7.80. The molecule has 8 heteroatoms. The summed E-state index contributed by atoms with van der Waals surface area (Å²) < 4.78 is 18.7. The van der Waals surface area contributed by atoms with Gasteiger partial charge in [-0.3, -0.25) is 5.10 Å². The largest absolute Gasteiger partial charge is 0.490 e. The van der Waals surface area contributed by atoms with E-state index in [0.717, 1.165) is 46.5 Å². The second-order valence-electron chi connectivity index (χ2n) is 7.75. The van der Waals surface area contributed by atoms with Crippen LogP contribution in [0.5, 0.6) is 5.75 Å². The van der Waals surface area contributed by atoms with E-state index in [9.17, 15) is 9.18 Å². The van der Waals surface area contributed by atoms with Crippen LogP contribution in [0.4, 0.5) is 10.1 Å². The minimum Gasteiger partial charge on any atom is -0.490 e. The summed E-state index contributed by atoms with van der Waals surface area (Å²) in [4.78, 5) is 12.3. The van der Waals surface area contributed by atoms with E-state index in [1.165, 1.54) is 12.1 Å². The highest BCUT2D eigenvalue weighted by atomic mass is 19.1. The van der Waals surface area contributed by atoms with Crippen molar-refractivity contribution in [3.05, 3.63) is 65.7 Å². The molecule has 0 saturated carbocycles. The van der Waals surface area contributed by atoms with Crippen LogP contribution >= 0.6 is 0 Å². The zero-order valence-electron chi connectivity index (χ0n) is 19.8. The van der Waals surface area contributed by atoms with Gasteiger partial charge in [0.1, 0.15) is 24.5 Å². The predicted octanol–water partition coefficient (Wildman–Crippen LogP) is 3.74. The average molecular weight is 456 g/mol. The smallest absolute Gasteiger partial charge is 0.143 e. The summed E-state index contributed by atoms with van der Waals surface area (Å²) in [6.07, 6.45) is 5.59. The molecule has 3 N–H and O–H groups in total. The van der Waals surface area contributed by atoms with Crippen molar-refractivity contribution in [1.82, 2.24) is 20.4 Å². The molecule has 33 heavy (non-hydrogen) atoms. The summed E-state index contributed by atoms with van der Waals surface area (Å²) in [5.41, 5.74) is 5.10. The molecule has 0 aliphatic carbocycles. The number of nitrogens with zero attached hydrogens (tertiary/aromatic N) is 2. The molecule has 0 spiro atoms. The SMILES string of the molecule is CNCc1ccc(F)cc1CCC=O.CNc1ccc(-c2cn[nH]c2)cc1OCCN(C)C. The van der Waals surface area contributed by atoms with Gasteiger partial charge in [-0.25, -0.2) is 4.39 Å². The van der Waals surface area contributed by atoms with E-state index in [0.29, 0.717) is 26.0 Å². The summed E-state index contributed by atoms with van der Waals surface area (Å²) in [6, 6.07) is 10.8. The Morgan fingerprint density at radius 1 is 1.12 bits per heavy atom. The van der Waals surface area contributed by atoms with Crippen LogP contribution in [0.3, 0.4) is 0 Å². The Morgan fingerprint density at radius 2 is 1.94 bits per heavy atom. The first kappa shape index (κ1) is 26.0. The number of carbonyl (C=O) groups is 1. The van der Waals surface area contributed by atoms with Crippen molar-refractivity contribution in [2.45, 2.75) is 19.4 Å². The zero-order chi connectivity index (χ0) is 24.1. The van der Waals surface area contributed by atoms with E-state index in [1.807, 2.05) is 46.5 Å². The maximum Gasteiger partial charge on any atom is 0.143 e. The molecule has 1 heterocycles. The first-order valence-electron chi connectivity index (χ1n) is 10.9. The van der Waals surface area contributed by atoms with Gasteiger partial charge in [-0.2, -0.15) is 5.10 Å². The maximum absolute atomic E-state index is 12.9. The van der Waals surface area contributed by atoms with Crippen LogP contribution < -0.4 is 15.4 Å². The molecule has 0 unspecified atom stereocenters. The minimum absolute atomic E-state index is 0.245. The Labute approximate surface area is 195 Å². The highest BCUT2D eigenvalue weighted by molar-refractivity contribution is 5.69. The van der Waals surface area contributed by atoms with Crippen LogP contribution in [0.15, 0.2) is 48.8 Å². The normalized spacial score (nSPS) is 10.5. The molecule has 0 aliphatic rings. The fraction of sp³-hybridized carbons (Fsp3) is 0.360. The lowest BCUT2D eigenvalue weighted by molar-refractivity contribution is -0.107. The van der Waals surface area contributed by atoms with E-state index >= 15 is 0 Å². The number of carbonyl (C=O) groups excluding carboxylic acids is 1. The zero-order valence-corrected chi connectivity index (χ0v) is 19.8. The number of nitrogens with one attached hydrogen (secondary N) is 3. The Balaban J connectivity index is 0.000000245. The Morgan fingerprint density at radius 3 is 2.58 bits per heavy atom. The van der Waals surface area contributed by atoms with E-state index in [1.54, 1.807) is 12.3 Å². The number of hydrogen-bond acceptors (Lipinski definition) is 6. The Bertz CT molecular complexity index is 977. The molecule has 1 aromatic heterocycles. The van der Waals surface area contributed by atoms with Crippen molar-refractivity contribution < 1.29 is 13.9 Å². The van der Waals surface area contributed by atoms with Crippen molar-refractivity contribution in [2.75, 3.05) is 46.7 Å². The Kier molecular flexibility index (Phi) is 11.1. The molecular formula is C25H34FN5O2. The number of rotatable bonds is 11. The van der Waals surface area contributed by atoms with Crippen LogP contribution in [-0.2, 0) is 17.8 Å². The number of aryl methyl sites for hydroxylation is 1. The van der Waals surface area contributed by atoms with E-state index in [2.05, 4.69) is 31.8 Å². The second-order valence-corrected chi connectivity index (χ2v) is 7.75. The molecule has 0 amide bonds. The quantitative estimate of drug-likeness (QED) is 0.382. The molecule has 0 saturated heterocycles. The third-order valence-electron chi connectivity index (χ3n) is 4.95. The summed E-state index contributed by atoms with van der Waals surface area (Å²) in [6.45, 7) is 2.25. The number of hydrogen-bond donors (Lipinski definition) is 3. The average Bonchev–Trinajstić information content (AvgIpc) is 3.34. The summed E-state index contributed by atoms with van der Waals surface area (Å²) in [5.74, 6) is 0.619. The minimum atomic E-state index is -0.245. The van der Waals surface area contributed by atoms with Crippen molar-refractivity contribution in [3.63, 3.8) is 0 Å². The first-order valence-corrected chi connectivity index (χ1v) is 10.9. The van der Waals surface area contributed by atoms with Gasteiger partial charge in [-0.05, 0) is 68.5 Å². The predicted molar refractivity (Wildman–Crippen MR) is 131 cm³/mol. The van der Waals surface area contributed by atoms with Gasteiger partial charge in [0.2, 0.25) is 0 Å². The number of aromatic nitrogens is 2. The Hall–Kier alpha value is -3.23. The van der Waals surface area contributed by atoms with E-state index in [-0.39, 0.29) is 5.82 Å². The molecule has 7 nitrogen and oxygen atoms in total. The van der Waals surface area contributed by atoms with Gasteiger partial charge in [-0.1, -0.05) is 12.1 Å². The van der Waals surface area contributed by atoms with Crippen LogP contribution in [0.2, 0.25) is 0 Å². The van der Waals surface area contributed by atoms with Crippen LogP contribution in [-0.4, -0.2) is 62.7 Å². The summed E-state index contributed by atoms with van der Waals surface area (Å²) >= 11 is 0. The monoisotopic (exact) mass is 455 g/mol. The topological polar surface area (TPSA) is 82.3 Å². The number of ether oxygens (including phenoxy) is 1. The molecule has 0 atom stereocenters. The van der Waals surface area contributed by atoms with E-state index < -0.39 is 0 Å². The molecule has 0 fully saturated rings. The molecule has 0 bridgehead atoms. The second kappa shape index (κ2) is 14.0. The lowest BCUT2D eigenvalue weighted by Gasteiger charge is -2.14. The van der Waals surface area contributed by atoms with Gasteiger partial charge in [0.05, 0.1) is 11.9 Å². The van der Waals surface area contributed by atoms with E-state index in [4.69, 9.17) is 4.74 Å². The lowest BCUT2D eigenvalue weighted by atomic mass is 10.0. The number of aldehydes is 1. The van der Waals surface area contributed by atoms with Gasteiger partial charge in [0, 0.05) is 38.3 Å². The number of halogens is 1. The fourth-order valence-corrected chi connectivity index (χ4v) is 3.18. The van der Waals surface area contributed by atoms with Crippen LogP contribution in [0.1, 0.15) is 17.5 Å². The number of H-pyrrole nitrogens is 1. The molecule has 3 aromatic rings. The third-order valence-corrected chi connectivity index (χ3v) is 4.95. The molecule has 2 aromatic carbocycles. The number of benzene rings is 2. The van der Waals surface area contributed by atoms with Crippen LogP contribution in [0.25, 0.3) is 11.1 Å². The van der Waals surface area contributed by atoms with Crippen molar-refractivity contribution >= 4 is 12.0 Å². The molecule has 0 aliphatic heterocycles. The molecular weight excluding hydrogens is 421 g/mol. The maximum atomic E-state index is 12.9. The lowest BCUT2D eigenvalue weighted by Crippen LogP contribution is -2.19. The fourth-order valence-electron chi connectivity index (χ4n) is 3.18. The van der Waals surface area contributed by atoms with Crippen molar-refractivity contribution in [1.29, 1.82) is 0 Å². The highest BCUT2D eigenvalue weighted by Gasteiger charge is 2.07. The van der Waals surface area contributed by atoms with Gasteiger partial charge in [-0.15, -0.1) is 0 Å². The van der Waals surface area contributed by atoms with Crippen molar-refractivity contribution in [3.8, 4) is 16.9 Å². The molecule has 178 valence electrons. The first-order chi connectivity index (χ1) is 16.0. The number of anilines is 1. The van der Waals surface area contributed by atoms with Crippen molar-refractivity contribution in [2.24, 2.45) is 0 Å². The standard InChI is InChI=1S/C14H20N4O.C11H14FNO/c1-15-13-5-4-11(12-9-16-17-10-12)8-14(13)19-7-6-18(2)3;1-13-8-10-4-5-11(12)7-9(10)3-2-6-14/h4-5,8-10,15H,6-7H2,1-3H3,(H,16,17);4-7,13H,2-3,8H2,1H3. The molecule has 3 rings (SSSR count). The number of likely N-dealkylation sites (N-methyl/N-ethyl adjacent to an activating group) is 1. The highest BCUT2D eigenvalue weighted by Crippen LogP contribution is 2.30. The summed E-state index contributed by atoms with van der Waals surface area (Å²) in [5, 5.41) is 12.9. The van der Waals surface area contributed by atoms with Gasteiger partial charge < -0.3 is 25.1 Å². The van der Waals surface area contributed by atoms with Gasteiger partial charge in [0.25, 0.3) is 0 Å². The van der Waals surface area contributed by atoms with Gasteiger partial charge >= 0.3 is 0 Å². The van der Waals surface area contributed by atoms with Crippen LogP contribution in [0, 0.1) is 5.82 Å². The number of aromatic amines is 1.